The van der Waals surface area contributed by atoms with Crippen LogP contribution in [0.25, 0.3) is 16.8 Å². The van der Waals surface area contributed by atoms with E-state index in [1.54, 1.807) is 11.0 Å². The fraction of sp³-hybridized carbons (Fsp3) is 0.125. The Morgan fingerprint density at radius 1 is 1.00 bits per heavy atom. The molecular weight excluding hydrogens is 376 g/mol. The number of rotatable bonds is 7. The summed E-state index contributed by atoms with van der Waals surface area (Å²) in [7, 11) is 0. The Kier molecular flexibility index (Phi) is 5.85. The third kappa shape index (κ3) is 4.55. The van der Waals surface area contributed by atoms with E-state index in [9.17, 15) is 4.79 Å². The summed E-state index contributed by atoms with van der Waals surface area (Å²) in [6.45, 7) is 1.89. The molecule has 1 heterocycles. The van der Waals surface area contributed by atoms with Crippen molar-refractivity contribution >= 4 is 5.91 Å². The minimum atomic E-state index is -0.175. The first-order valence-corrected chi connectivity index (χ1v) is 9.72. The predicted octanol–water partition coefficient (Wildman–Crippen LogP) is 4.19. The number of nitrogens with zero attached hydrogens (tertiary/aromatic N) is 3. The second-order valence-corrected chi connectivity index (χ2v) is 6.87. The number of carbonyl (C=O) groups excluding carboxylic acids is 1. The summed E-state index contributed by atoms with van der Waals surface area (Å²) >= 11 is 0. The average molecular weight is 398 g/mol. The number of hydrogen-bond acceptors (Lipinski definition) is 4. The summed E-state index contributed by atoms with van der Waals surface area (Å²) < 4.78 is 7.51. The van der Waals surface area contributed by atoms with Crippen LogP contribution < -0.4 is 10.1 Å². The van der Waals surface area contributed by atoms with Gasteiger partial charge in [-0.25, -0.2) is 9.67 Å². The van der Waals surface area contributed by atoms with Crippen molar-refractivity contribution < 1.29 is 9.53 Å². The zero-order chi connectivity index (χ0) is 20.8. The van der Waals surface area contributed by atoms with Crippen molar-refractivity contribution in [3.8, 4) is 22.6 Å². The Labute approximate surface area is 175 Å². The van der Waals surface area contributed by atoms with E-state index in [2.05, 4.69) is 15.4 Å². The molecule has 0 aliphatic heterocycles. The molecule has 0 spiro atoms. The Bertz CT molecular complexity index is 1090. The first-order valence-electron chi connectivity index (χ1n) is 9.72. The highest BCUT2D eigenvalue weighted by atomic mass is 16.5. The SMILES string of the molecule is C[C@@H](NC(=O)COc1ccccc1-c1ccccc1)c1ccc(-n2cncn2)cc1. The first-order chi connectivity index (χ1) is 14.7. The number of aromatic nitrogens is 3. The van der Waals surface area contributed by atoms with Gasteiger partial charge >= 0.3 is 0 Å². The Hall–Kier alpha value is -3.93. The number of nitrogens with one attached hydrogen (secondary N) is 1. The van der Waals surface area contributed by atoms with E-state index in [0.717, 1.165) is 22.4 Å². The van der Waals surface area contributed by atoms with Gasteiger partial charge in [-0.15, -0.1) is 0 Å². The summed E-state index contributed by atoms with van der Waals surface area (Å²) in [6.07, 6.45) is 3.14. The predicted molar refractivity (Wildman–Crippen MR) is 115 cm³/mol. The quantitative estimate of drug-likeness (QED) is 0.507. The number of amides is 1. The maximum Gasteiger partial charge on any atom is 0.258 e. The third-order valence-electron chi connectivity index (χ3n) is 4.78. The van der Waals surface area contributed by atoms with Crippen LogP contribution in [0.15, 0.2) is 91.5 Å². The molecule has 0 unspecified atom stereocenters. The van der Waals surface area contributed by atoms with Gasteiger partial charge in [0.15, 0.2) is 6.61 Å². The van der Waals surface area contributed by atoms with Crippen molar-refractivity contribution in [1.29, 1.82) is 0 Å². The van der Waals surface area contributed by atoms with E-state index >= 15 is 0 Å². The van der Waals surface area contributed by atoms with Crippen LogP contribution in [-0.4, -0.2) is 27.3 Å². The Balaban J connectivity index is 1.36. The second-order valence-electron chi connectivity index (χ2n) is 6.87. The van der Waals surface area contributed by atoms with Crippen molar-refractivity contribution in [2.45, 2.75) is 13.0 Å². The molecule has 6 heteroatoms. The van der Waals surface area contributed by atoms with E-state index in [4.69, 9.17) is 4.74 Å². The molecule has 30 heavy (non-hydrogen) atoms. The summed E-state index contributed by atoms with van der Waals surface area (Å²) in [5.74, 6) is 0.509. The molecule has 0 bridgehead atoms. The van der Waals surface area contributed by atoms with Gasteiger partial charge in [-0.2, -0.15) is 5.10 Å². The maximum absolute atomic E-state index is 12.4. The molecule has 0 saturated heterocycles. The van der Waals surface area contributed by atoms with Crippen LogP contribution in [0.2, 0.25) is 0 Å². The molecule has 0 saturated carbocycles. The number of carbonyl (C=O) groups is 1. The zero-order valence-corrected chi connectivity index (χ0v) is 16.6. The van der Waals surface area contributed by atoms with E-state index in [1.165, 1.54) is 6.33 Å². The molecule has 0 aliphatic rings. The largest absolute Gasteiger partial charge is 0.483 e. The highest BCUT2D eigenvalue weighted by Crippen LogP contribution is 2.29. The first kappa shape index (κ1) is 19.4. The molecule has 1 N–H and O–H groups in total. The summed E-state index contributed by atoms with van der Waals surface area (Å²) in [6, 6.07) is 25.4. The lowest BCUT2D eigenvalue weighted by molar-refractivity contribution is -0.123. The Morgan fingerprint density at radius 2 is 1.73 bits per heavy atom. The Morgan fingerprint density at radius 3 is 2.47 bits per heavy atom. The van der Waals surface area contributed by atoms with Gasteiger partial charge in [0.25, 0.3) is 5.91 Å². The lowest BCUT2D eigenvalue weighted by atomic mass is 10.1. The number of hydrogen-bond donors (Lipinski definition) is 1. The molecule has 0 fully saturated rings. The van der Waals surface area contributed by atoms with E-state index in [0.29, 0.717) is 5.75 Å². The minimum Gasteiger partial charge on any atom is -0.483 e. The van der Waals surface area contributed by atoms with Crippen LogP contribution in [0, 0.1) is 0 Å². The van der Waals surface area contributed by atoms with Crippen LogP contribution in [0.1, 0.15) is 18.5 Å². The van der Waals surface area contributed by atoms with Crippen LogP contribution in [0.4, 0.5) is 0 Å². The lowest BCUT2D eigenvalue weighted by Gasteiger charge is -2.16. The van der Waals surface area contributed by atoms with Gasteiger partial charge in [-0.3, -0.25) is 4.79 Å². The molecule has 1 aromatic heterocycles. The fourth-order valence-electron chi connectivity index (χ4n) is 3.22. The van der Waals surface area contributed by atoms with Crippen molar-refractivity contribution in [2.75, 3.05) is 6.61 Å². The normalized spacial score (nSPS) is 11.6. The molecule has 1 amide bonds. The van der Waals surface area contributed by atoms with Gasteiger partial charge in [0, 0.05) is 5.56 Å². The number of ether oxygens (including phenoxy) is 1. The van der Waals surface area contributed by atoms with E-state index < -0.39 is 0 Å². The van der Waals surface area contributed by atoms with Crippen molar-refractivity contribution in [3.63, 3.8) is 0 Å². The number of benzene rings is 3. The van der Waals surface area contributed by atoms with Gasteiger partial charge < -0.3 is 10.1 Å². The maximum atomic E-state index is 12.4. The molecule has 6 nitrogen and oxygen atoms in total. The smallest absolute Gasteiger partial charge is 0.258 e. The van der Waals surface area contributed by atoms with Crippen molar-refractivity contribution in [1.82, 2.24) is 20.1 Å². The molecule has 150 valence electrons. The summed E-state index contributed by atoms with van der Waals surface area (Å²) in [5, 5.41) is 7.09. The second kappa shape index (κ2) is 9.05. The molecule has 4 aromatic rings. The van der Waals surface area contributed by atoms with Crippen LogP contribution in [0.3, 0.4) is 0 Å². The van der Waals surface area contributed by atoms with Crippen LogP contribution >= 0.6 is 0 Å². The van der Waals surface area contributed by atoms with Gasteiger partial charge in [-0.05, 0) is 36.2 Å². The van der Waals surface area contributed by atoms with Crippen LogP contribution in [-0.2, 0) is 4.79 Å². The summed E-state index contributed by atoms with van der Waals surface area (Å²) in [4.78, 5) is 16.4. The molecule has 0 aliphatic carbocycles. The van der Waals surface area contributed by atoms with Gasteiger partial charge in [0.2, 0.25) is 0 Å². The summed E-state index contributed by atoms with van der Waals surface area (Å²) in [5.41, 5.74) is 3.92. The monoisotopic (exact) mass is 398 g/mol. The average Bonchev–Trinajstić information content (AvgIpc) is 3.34. The molecule has 1 atom stereocenters. The zero-order valence-electron chi connectivity index (χ0n) is 16.6. The highest BCUT2D eigenvalue weighted by molar-refractivity contribution is 5.78. The molecule has 0 radical (unpaired) electrons. The van der Waals surface area contributed by atoms with Gasteiger partial charge in [0.05, 0.1) is 11.7 Å². The lowest BCUT2D eigenvalue weighted by Crippen LogP contribution is -2.31. The van der Waals surface area contributed by atoms with Crippen molar-refractivity contribution in [3.05, 3.63) is 97.1 Å². The molecular formula is C24H22N4O2. The van der Waals surface area contributed by atoms with Crippen molar-refractivity contribution in [2.24, 2.45) is 0 Å². The third-order valence-corrected chi connectivity index (χ3v) is 4.78. The van der Waals surface area contributed by atoms with E-state index in [1.807, 2.05) is 85.8 Å². The van der Waals surface area contributed by atoms with Gasteiger partial charge in [0.1, 0.15) is 18.4 Å². The molecule has 3 aromatic carbocycles. The number of para-hydroxylation sites is 1. The topological polar surface area (TPSA) is 69.0 Å². The standard InChI is InChI=1S/C24H22N4O2/c1-18(19-11-13-21(14-12-19)28-17-25-16-26-28)27-24(29)15-30-23-10-6-5-9-22(23)20-7-3-2-4-8-20/h2-14,16-18H,15H2,1H3,(H,27,29)/t18-/m1/s1. The molecule has 4 rings (SSSR count). The highest BCUT2D eigenvalue weighted by Gasteiger charge is 2.12. The van der Waals surface area contributed by atoms with Gasteiger partial charge in [-0.1, -0.05) is 60.7 Å². The minimum absolute atomic E-state index is 0.0504. The fourth-order valence-corrected chi connectivity index (χ4v) is 3.22. The van der Waals surface area contributed by atoms with Crippen LogP contribution in [0.5, 0.6) is 5.75 Å². The van der Waals surface area contributed by atoms with E-state index in [-0.39, 0.29) is 18.6 Å².